The molecule has 2 aromatic rings. The smallest absolute Gasteiger partial charge is 0.305 e. The van der Waals surface area contributed by atoms with Gasteiger partial charge >= 0.3 is 5.97 Å². The Balaban J connectivity index is 2.26. The van der Waals surface area contributed by atoms with Crippen LogP contribution in [0.3, 0.4) is 0 Å². The summed E-state index contributed by atoms with van der Waals surface area (Å²) in [6, 6.07) is 15.4. The topological polar surface area (TPSA) is 66.6 Å². The van der Waals surface area contributed by atoms with Crippen LogP contribution < -0.4 is 10.6 Å². The first-order chi connectivity index (χ1) is 10.1. The molecule has 0 amide bonds. The Bertz CT molecular complexity index is 631. The van der Waals surface area contributed by atoms with Crippen molar-refractivity contribution in [3.8, 4) is 0 Å². The average molecular weight is 349 g/mol. The van der Waals surface area contributed by atoms with Gasteiger partial charge in [0.15, 0.2) is 0 Å². The first-order valence-corrected chi connectivity index (χ1v) is 7.42. The number of hydrogen-bond donors (Lipinski definition) is 2. The molecule has 0 heterocycles. The molecule has 0 saturated carbocycles. The Labute approximate surface area is 132 Å². The van der Waals surface area contributed by atoms with Crippen molar-refractivity contribution in [2.24, 2.45) is 0 Å². The van der Waals surface area contributed by atoms with Gasteiger partial charge in [-0.05, 0) is 23.8 Å². The van der Waals surface area contributed by atoms with Gasteiger partial charge in [0.25, 0.3) is 0 Å². The van der Waals surface area contributed by atoms with Crippen molar-refractivity contribution in [2.75, 3.05) is 17.2 Å². The van der Waals surface area contributed by atoms with Crippen molar-refractivity contribution in [1.29, 1.82) is 0 Å². The number of para-hydroxylation sites is 2. The van der Waals surface area contributed by atoms with E-state index in [1.54, 1.807) is 0 Å². The SMILES string of the molecule is Nc1ccccc1N(CCC(=O)O)Cc1ccccc1Br. The molecule has 3 N–H and O–H groups in total. The van der Waals surface area contributed by atoms with Gasteiger partial charge in [-0.15, -0.1) is 0 Å². The summed E-state index contributed by atoms with van der Waals surface area (Å²) in [6.07, 6.45) is 0.0682. The molecule has 0 unspecified atom stereocenters. The predicted octanol–water partition coefficient (Wildman–Crippen LogP) is 3.51. The number of benzene rings is 2. The predicted molar refractivity (Wildman–Crippen MR) is 88.3 cm³/mol. The first kappa shape index (κ1) is 15.4. The van der Waals surface area contributed by atoms with Gasteiger partial charge in [-0.2, -0.15) is 0 Å². The Hall–Kier alpha value is -2.01. The molecule has 0 aliphatic rings. The summed E-state index contributed by atoms with van der Waals surface area (Å²) in [5, 5.41) is 8.93. The van der Waals surface area contributed by atoms with Gasteiger partial charge < -0.3 is 15.7 Å². The van der Waals surface area contributed by atoms with E-state index < -0.39 is 5.97 Å². The highest BCUT2D eigenvalue weighted by Crippen LogP contribution is 2.26. The first-order valence-electron chi connectivity index (χ1n) is 6.62. The highest BCUT2D eigenvalue weighted by atomic mass is 79.9. The van der Waals surface area contributed by atoms with E-state index in [-0.39, 0.29) is 6.42 Å². The molecule has 0 aromatic heterocycles. The molecular weight excluding hydrogens is 332 g/mol. The molecule has 0 aliphatic heterocycles. The summed E-state index contributed by atoms with van der Waals surface area (Å²) in [5.41, 5.74) is 8.61. The number of carboxylic acids is 1. The Morgan fingerprint density at radius 3 is 2.48 bits per heavy atom. The lowest BCUT2D eigenvalue weighted by Gasteiger charge is -2.26. The second kappa shape index (κ2) is 7.13. The molecule has 2 aromatic carbocycles. The fourth-order valence-corrected chi connectivity index (χ4v) is 2.53. The molecule has 21 heavy (non-hydrogen) atoms. The molecule has 0 saturated heterocycles. The molecule has 0 aliphatic carbocycles. The van der Waals surface area contributed by atoms with Gasteiger partial charge in [-0.1, -0.05) is 46.3 Å². The van der Waals surface area contributed by atoms with Crippen molar-refractivity contribution in [1.82, 2.24) is 0 Å². The average Bonchev–Trinajstić information content (AvgIpc) is 2.46. The molecule has 0 atom stereocenters. The fourth-order valence-electron chi connectivity index (χ4n) is 2.12. The van der Waals surface area contributed by atoms with E-state index in [0.29, 0.717) is 18.8 Å². The van der Waals surface area contributed by atoms with Crippen LogP contribution >= 0.6 is 15.9 Å². The summed E-state index contributed by atoms with van der Waals surface area (Å²) < 4.78 is 1.000. The van der Waals surface area contributed by atoms with Gasteiger partial charge in [-0.25, -0.2) is 0 Å². The van der Waals surface area contributed by atoms with Gasteiger partial charge in [0.05, 0.1) is 17.8 Å². The summed E-state index contributed by atoms with van der Waals surface area (Å²) in [6.45, 7) is 1.01. The third kappa shape index (κ3) is 4.23. The van der Waals surface area contributed by atoms with E-state index in [2.05, 4.69) is 15.9 Å². The number of aliphatic carboxylic acids is 1. The number of anilines is 2. The van der Waals surface area contributed by atoms with Crippen LogP contribution in [0.2, 0.25) is 0 Å². The minimum atomic E-state index is -0.818. The molecule has 2 rings (SSSR count). The molecular formula is C16H17BrN2O2. The quantitative estimate of drug-likeness (QED) is 0.784. The zero-order valence-electron chi connectivity index (χ0n) is 11.5. The van der Waals surface area contributed by atoms with Crippen LogP contribution in [0.1, 0.15) is 12.0 Å². The van der Waals surface area contributed by atoms with Crippen molar-refractivity contribution in [3.63, 3.8) is 0 Å². The molecule has 5 heteroatoms. The van der Waals surface area contributed by atoms with Crippen molar-refractivity contribution >= 4 is 33.3 Å². The maximum absolute atomic E-state index is 10.9. The number of halogens is 1. The van der Waals surface area contributed by atoms with Crippen LogP contribution in [0, 0.1) is 0 Å². The van der Waals surface area contributed by atoms with Crippen molar-refractivity contribution in [2.45, 2.75) is 13.0 Å². The van der Waals surface area contributed by atoms with E-state index >= 15 is 0 Å². The lowest BCUT2D eigenvalue weighted by molar-refractivity contribution is -0.136. The van der Waals surface area contributed by atoms with Crippen molar-refractivity contribution < 1.29 is 9.90 Å². The maximum atomic E-state index is 10.9. The normalized spacial score (nSPS) is 10.3. The second-order valence-electron chi connectivity index (χ2n) is 4.72. The molecule has 110 valence electrons. The molecule has 0 spiro atoms. The summed E-state index contributed by atoms with van der Waals surface area (Å²) >= 11 is 3.52. The molecule has 0 bridgehead atoms. The fraction of sp³-hybridized carbons (Fsp3) is 0.188. The van der Waals surface area contributed by atoms with Crippen LogP contribution in [0.15, 0.2) is 53.0 Å². The lowest BCUT2D eigenvalue weighted by Crippen LogP contribution is -2.26. The third-order valence-corrected chi connectivity index (χ3v) is 3.97. The van der Waals surface area contributed by atoms with Gasteiger partial charge in [-0.3, -0.25) is 4.79 Å². The minimum Gasteiger partial charge on any atom is -0.481 e. The van der Waals surface area contributed by atoms with Crippen LogP contribution in [0.4, 0.5) is 11.4 Å². The zero-order chi connectivity index (χ0) is 15.2. The maximum Gasteiger partial charge on any atom is 0.305 e. The molecule has 0 fully saturated rings. The van der Waals surface area contributed by atoms with Crippen LogP contribution in [-0.4, -0.2) is 17.6 Å². The van der Waals surface area contributed by atoms with E-state index in [1.807, 2.05) is 53.4 Å². The summed E-state index contributed by atoms with van der Waals surface area (Å²) in [7, 11) is 0. The largest absolute Gasteiger partial charge is 0.481 e. The second-order valence-corrected chi connectivity index (χ2v) is 5.57. The number of nitrogens with two attached hydrogens (primary N) is 1. The highest BCUT2D eigenvalue weighted by Gasteiger charge is 2.13. The number of carbonyl (C=O) groups is 1. The van der Waals surface area contributed by atoms with Gasteiger partial charge in [0, 0.05) is 17.6 Å². The standard InChI is InChI=1S/C16H17BrN2O2/c17-13-6-2-1-5-12(13)11-19(10-9-16(20)21)15-8-4-3-7-14(15)18/h1-8H,9-11,18H2,(H,20,21). The Kier molecular flexibility index (Phi) is 5.22. The summed E-state index contributed by atoms with van der Waals surface area (Å²) in [5.74, 6) is -0.818. The Morgan fingerprint density at radius 2 is 1.81 bits per heavy atom. The number of carboxylic acid groups (broad SMARTS) is 1. The lowest BCUT2D eigenvalue weighted by atomic mass is 10.1. The monoisotopic (exact) mass is 348 g/mol. The van der Waals surface area contributed by atoms with Crippen LogP contribution in [0.25, 0.3) is 0 Å². The number of hydrogen-bond acceptors (Lipinski definition) is 3. The molecule has 0 radical (unpaired) electrons. The zero-order valence-corrected chi connectivity index (χ0v) is 13.1. The van der Waals surface area contributed by atoms with E-state index in [0.717, 1.165) is 15.7 Å². The van der Waals surface area contributed by atoms with E-state index in [4.69, 9.17) is 10.8 Å². The van der Waals surface area contributed by atoms with E-state index in [1.165, 1.54) is 0 Å². The van der Waals surface area contributed by atoms with Gasteiger partial charge in [0.2, 0.25) is 0 Å². The van der Waals surface area contributed by atoms with E-state index in [9.17, 15) is 4.79 Å². The van der Waals surface area contributed by atoms with Crippen LogP contribution in [0.5, 0.6) is 0 Å². The number of rotatable bonds is 6. The highest BCUT2D eigenvalue weighted by molar-refractivity contribution is 9.10. The number of nitrogens with zero attached hydrogens (tertiary/aromatic N) is 1. The minimum absolute atomic E-state index is 0.0682. The van der Waals surface area contributed by atoms with Crippen molar-refractivity contribution in [3.05, 3.63) is 58.6 Å². The summed E-state index contributed by atoms with van der Waals surface area (Å²) in [4.78, 5) is 12.9. The third-order valence-electron chi connectivity index (χ3n) is 3.19. The number of nitrogen functional groups attached to an aromatic ring is 1. The van der Waals surface area contributed by atoms with Crippen LogP contribution in [-0.2, 0) is 11.3 Å². The molecule has 4 nitrogen and oxygen atoms in total. The Morgan fingerprint density at radius 1 is 1.14 bits per heavy atom. The van der Waals surface area contributed by atoms with Gasteiger partial charge in [0.1, 0.15) is 0 Å².